The number of halogens is 1. The molecule has 6 heteroatoms. The van der Waals surface area contributed by atoms with Gasteiger partial charge in [-0.05, 0) is 37.1 Å². The first-order valence-corrected chi connectivity index (χ1v) is 7.33. The van der Waals surface area contributed by atoms with Crippen LogP contribution in [0.25, 0.3) is 0 Å². The normalized spacial score (nSPS) is 12.1. The van der Waals surface area contributed by atoms with Crippen molar-refractivity contribution in [3.05, 3.63) is 29.6 Å². The molecule has 0 aliphatic heterocycles. The van der Waals surface area contributed by atoms with E-state index in [2.05, 4.69) is 0 Å². The van der Waals surface area contributed by atoms with E-state index < -0.39 is 15.8 Å². The summed E-state index contributed by atoms with van der Waals surface area (Å²) >= 11 is 0. The fourth-order valence-corrected chi connectivity index (χ4v) is 3.54. The van der Waals surface area contributed by atoms with Crippen LogP contribution in [0.1, 0.15) is 18.9 Å². The van der Waals surface area contributed by atoms with Crippen LogP contribution in [0, 0.1) is 12.7 Å². The third-order valence-electron chi connectivity index (χ3n) is 2.61. The van der Waals surface area contributed by atoms with Crippen LogP contribution in [0.4, 0.5) is 4.39 Å². The highest BCUT2D eigenvalue weighted by Gasteiger charge is 2.24. The molecule has 1 aromatic rings. The highest BCUT2D eigenvalue weighted by Crippen LogP contribution is 2.20. The van der Waals surface area contributed by atoms with Crippen LogP contribution in [0.15, 0.2) is 23.1 Å². The van der Waals surface area contributed by atoms with Gasteiger partial charge in [0.2, 0.25) is 10.0 Å². The van der Waals surface area contributed by atoms with Crippen molar-refractivity contribution in [2.24, 2.45) is 5.73 Å². The first-order chi connectivity index (χ1) is 8.43. The molecule has 0 amide bonds. The Morgan fingerprint density at radius 1 is 1.33 bits per heavy atom. The highest BCUT2D eigenvalue weighted by atomic mass is 32.2. The van der Waals surface area contributed by atoms with Gasteiger partial charge < -0.3 is 5.73 Å². The fourth-order valence-electron chi connectivity index (χ4n) is 1.79. The van der Waals surface area contributed by atoms with Crippen LogP contribution in [0.3, 0.4) is 0 Å². The molecule has 0 aliphatic carbocycles. The van der Waals surface area contributed by atoms with Gasteiger partial charge in [-0.3, -0.25) is 0 Å². The zero-order chi connectivity index (χ0) is 13.8. The number of benzene rings is 1. The monoisotopic (exact) mass is 274 g/mol. The Labute approximate surface area is 108 Å². The van der Waals surface area contributed by atoms with E-state index in [-0.39, 0.29) is 18.0 Å². The van der Waals surface area contributed by atoms with E-state index in [0.717, 1.165) is 6.07 Å². The SMILES string of the molecule is CCCN(CCN)S(=O)(=O)c1ccc(F)cc1C. The maximum Gasteiger partial charge on any atom is 0.243 e. The molecule has 0 saturated heterocycles. The second-order valence-electron chi connectivity index (χ2n) is 4.10. The number of hydrogen-bond acceptors (Lipinski definition) is 3. The van der Waals surface area contributed by atoms with E-state index in [0.29, 0.717) is 18.5 Å². The molecule has 0 aromatic heterocycles. The van der Waals surface area contributed by atoms with Gasteiger partial charge in [-0.25, -0.2) is 12.8 Å². The van der Waals surface area contributed by atoms with E-state index in [9.17, 15) is 12.8 Å². The molecule has 0 radical (unpaired) electrons. The van der Waals surface area contributed by atoms with Crippen LogP contribution in [0.2, 0.25) is 0 Å². The molecule has 0 heterocycles. The van der Waals surface area contributed by atoms with Crippen LogP contribution < -0.4 is 5.73 Å². The summed E-state index contributed by atoms with van der Waals surface area (Å²) in [4.78, 5) is 0.144. The third kappa shape index (κ3) is 3.28. The Balaban J connectivity index is 3.17. The number of aryl methyl sites for hydroxylation is 1. The van der Waals surface area contributed by atoms with Gasteiger partial charge >= 0.3 is 0 Å². The van der Waals surface area contributed by atoms with Crippen molar-refractivity contribution in [1.29, 1.82) is 0 Å². The molecule has 1 rings (SSSR count). The van der Waals surface area contributed by atoms with Crippen LogP contribution in [-0.4, -0.2) is 32.4 Å². The molecule has 4 nitrogen and oxygen atoms in total. The van der Waals surface area contributed by atoms with Gasteiger partial charge in [0.25, 0.3) is 0 Å². The van der Waals surface area contributed by atoms with Crippen molar-refractivity contribution in [3.8, 4) is 0 Å². The Hall–Kier alpha value is -0.980. The molecule has 0 bridgehead atoms. The van der Waals surface area contributed by atoms with Crippen molar-refractivity contribution in [3.63, 3.8) is 0 Å². The van der Waals surface area contributed by atoms with Crippen molar-refractivity contribution in [2.45, 2.75) is 25.2 Å². The number of nitrogens with two attached hydrogens (primary N) is 1. The predicted molar refractivity (Wildman–Crippen MR) is 69.2 cm³/mol. The topological polar surface area (TPSA) is 63.4 Å². The van der Waals surface area contributed by atoms with Crippen molar-refractivity contribution < 1.29 is 12.8 Å². The minimum Gasteiger partial charge on any atom is -0.329 e. The summed E-state index contributed by atoms with van der Waals surface area (Å²) < 4.78 is 39.1. The summed E-state index contributed by atoms with van der Waals surface area (Å²) in [5, 5.41) is 0. The average molecular weight is 274 g/mol. The second-order valence-corrected chi connectivity index (χ2v) is 6.01. The lowest BCUT2D eigenvalue weighted by molar-refractivity contribution is 0.417. The van der Waals surface area contributed by atoms with Crippen LogP contribution in [-0.2, 0) is 10.0 Å². The fraction of sp³-hybridized carbons (Fsp3) is 0.500. The zero-order valence-corrected chi connectivity index (χ0v) is 11.5. The molecule has 1 aromatic carbocycles. The number of hydrogen-bond donors (Lipinski definition) is 1. The average Bonchev–Trinajstić information content (AvgIpc) is 2.28. The Bertz CT molecular complexity index is 497. The minimum absolute atomic E-state index is 0.144. The highest BCUT2D eigenvalue weighted by molar-refractivity contribution is 7.89. The quantitative estimate of drug-likeness (QED) is 0.855. The van der Waals surface area contributed by atoms with Crippen molar-refractivity contribution >= 4 is 10.0 Å². The smallest absolute Gasteiger partial charge is 0.243 e. The lowest BCUT2D eigenvalue weighted by Gasteiger charge is -2.21. The molecule has 0 atom stereocenters. The summed E-state index contributed by atoms with van der Waals surface area (Å²) in [7, 11) is -3.59. The van der Waals surface area contributed by atoms with Crippen LogP contribution >= 0.6 is 0 Å². The van der Waals surface area contributed by atoms with E-state index >= 15 is 0 Å². The number of sulfonamides is 1. The Morgan fingerprint density at radius 2 is 2.00 bits per heavy atom. The van der Waals surface area contributed by atoms with E-state index in [1.54, 1.807) is 6.92 Å². The lowest BCUT2D eigenvalue weighted by atomic mass is 10.2. The minimum atomic E-state index is -3.59. The van der Waals surface area contributed by atoms with Crippen molar-refractivity contribution in [1.82, 2.24) is 4.31 Å². The second kappa shape index (κ2) is 6.26. The Kier molecular flexibility index (Phi) is 5.25. The van der Waals surface area contributed by atoms with Gasteiger partial charge in [-0.15, -0.1) is 0 Å². The van der Waals surface area contributed by atoms with Crippen LogP contribution in [0.5, 0.6) is 0 Å². The number of rotatable bonds is 6. The Morgan fingerprint density at radius 3 is 2.50 bits per heavy atom. The van der Waals surface area contributed by atoms with Gasteiger partial charge in [-0.2, -0.15) is 4.31 Å². The van der Waals surface area contributed by atoms with E-state index in [4.69, 9.17) is 5.73 Å². The zero-order valence-electron chi connectivity index (χ0n) is 10.7. The van der Waals surface area contributed by atoms with Gasteiger partial charge in [-0.1, -0.05) is 6.92 Å². The molecular weight excluding hydrogens is 255 g/mol. The first kappa shape index (κ1) is 15.1. The molecule has 18 heavy (non-hydrogen) atoms. The molecular formula is C12H19FN2O2S. The lowest BCUT2D eigenvalue weighted by Crippen LogP contribution is -2.36. The summed E-state index contributed by atoms with van der Waals surface area (Å²) in [6.07, 6.45) is 0.708. The summed E-state index contributed by atoms with van der Waals surface area (Å²) in [6, 6.07) is 3.69. The maximum absolute atomic E-state index is 13.0. The molecule has 0 saturated carbocycles. The van der Waals surface area contributed by atoms with Crippen molar-refractivity contribution in [2.75, 3.05) is 19.6 Å². The molecule has 0 unspecified atom stereocenters. The molecule has 0 aliphatic rings. The first-order valence-electron chi connectivity index (χ1n) is 5.89. The van der Waals surface area contributed by atoms with Gasteiger partial charge in [0.05, 0.1) is 4.90 Å². The van der Waals surface area contributed by atoms with Gasteiger partial charge in [0.1, 0.15) is 5.82 Å². The molecule has 0 spiro atoms. The summed E-state index contributed by atoms with van der Waals surface area (Å²) in [6.45, 7) is 4.43. The van der Waals surface area contributed by atoms with E-state index in [1.165, 1.54) is 16.4 Å². The van der Waals surface area contributed by atoms with Gasteiger partial charge in [0, 0.05) is 19.6 Å². The molecule has 2 N–H and O–H groups in total. The predicted octanol–water partition coefficient (Wildman–Crippen LogP) is 1.49. The van der Waals surface area contributed by atoms with E-state index in [1.807, 2.05) is 6.92 Å². The summed E-state index contributed by atoms with van der Waals surface area (Å²) in [5.41, 5.74) is 5.84. The maximum atomic E-state index is 13.0. The summed E-state index contributed by atoms with van der Waals surface area (Å²) in [5.74, 6) is -0.438. The van der Waals surface area contributed by atoms with Gasteiger partial charge in [0.15, 0.2) is 0 Å². The third-order valence-corrected chi connectivity index (χ3v) is 4.67. The number of nitrogens with zero attached hydrogens (tertiary/aromatic N) is 1. The standard InChI is InChI=1S/C12H19FN2O2S/c1-3-7-15(8-6-14)18(16,17)12-5-4-11(13)9-10(12)2/h4-5,9H,3,6-8,14H2,1-2H3. The molecule has 0 fully saturated rings. The molecule has 102 valence electrons. The largest absolute Gasteiger partial charge is 0.329 e.